The van der Waals surface area contributed by atoms with Crippen LogP contribution >= 0.6 is 0 Å². The number of anilines is 1. The Bertz CT molecular complexity index is 521. The number of piperidine rings is 1. The summed E-state index contributed by atoms with van der Waals surface area (Å²) in [4.78, 5) is 17.8. The van der Waals surface area contributed by atoms with Crippen molar-refractivity contribution in [3.8, 4) is 0 Å². The lowest BCUT2D eigenvalue weighted by atomic mass is 9.93. The van der Waals surface area contributed by atoms with Crippen LogP contribution in [-0.4, -0.2) is 35.8 Å². The standard InChI is InChI=1S/C18H27N3O2/c22-18(23)19-11-8-14-9-12-21(13-10-14)17-7-3-6-16(20-17)15-4-1-2-5-15/h3,6-7,14-15,19H,1-2,4-5,8-13H2,(H,22,23). The summed E-state index contributed by atoms with van der Waals surface area (Å²) in [7, 11) is 0. The summed E-state index contributed by atoms with van der Waals surface area (Å²) < 4.78 is 0. The number of carbonyl (C=O) groups is 1. The average Bonchev–Trinajstić information content (AvgIpc) is 3.10. The normalized spacial score (nSPS) is 19.9. The first-order valence-electron chi connectivity index (χ1n) is 8.91. The SMILES string of the molecule is O=C(O)NCCC1CCN(c2cccc(C3CCCC3)n2)CC1. The number of amides is 1. The lowest BCUT2D eigenvalue weighted by molar-refractivity contribution is 0.193. The zero-order chi connectivity index (χ0) is 16.1. The summed E-state index contributed by atoms with van der Waals surface area (Å²) in [5.41, 5.74) is 1.27. The van der Waals surface area contributed by atoms with Crippen molar-refractivity contribution < 1.29 is 9.90 Å². The summed E-state index contributed by atoms with van der Waals surface area (Å²) in [5, 5.41) is 11.1. The maximum absolute atomic E-state index is 10.5. The van der Waals surface area contributed by atoms with E-state index in [0.29, 0.717) is 18.4 Å². The molecular formula is C18H27N3O2. The van der Waals surface area contributed by atoms with Gasteiger partial charge >= 0.3 is 6.09 Å². The van der Waals surface area contributed by atoms with Gasteiger partial charge in [-0.1, -0.05) is 18.9 Å². The molecule has 5 heteroatoms. The largest absolute Gasteiger partial charge is 0.465 e. The summed E-state index contributed by atoms with van der Waals surface area (Å²) in [6.07, 6.45) is 7.52. The smallest absolute Gasteiger partial charge is 0.404 e. The molecule has 1 aliphatic carbocycles. The van der Waals surface area contributed by atoms with Crippen molar-refractivity contribution in [3.63, 3.8) is 0 Å². The van der Waals surface area contributed by atoms with Gasteiger partial charge in [0, 0.05) is 31.2 Å². The van der Waals surface area contributed by atoms with E-state index in [1.165, 1.54) is 31.4 Å². The molecule has 2 heterocycles. The highest BCUT2D eigenvalue weighted by atomic mass is 16.4. The summed E-state index contributed by atoms with van der Waals surface area (Å²) >= 11 is 0. The third-order valence-corrected chi connectivity index (χ3v) is 5.30. The van der Waals surface area contributed by atoms with E-state index in [1.807, 2.05) is 0 Å². The molecular weight excluding hydrogens is 290 g/mol. The highest BCUT2D eigenvalue weighted by Crippen LogP contribution is 2.34. The predicted octanol–water partition coefficient (Wildman–Crippen LogP) is 3.61. The van der Waals surface area contributed by atoms with Gasteiger partial charge in [0.15, 0.2) is 0 Å². The van der Waals surface area contributed by atoms with Crippen LogP contribution in [0.3, 0.4) is 0 Å². The van der Waals surface area contributed by atoms with E-state index in [1.54, 1.807) is 0 Å². The Morgan fingerprint density at radius 1 is 1.22 bits per heavy atom. The van der Waals surface area contributed by atoms with Gasteiger partial charge in [-0.15, -0.1) is 0 Å². The van der Waals surface area contributed by atoms with Gasteiger partial charge in [0.25, 0.3) is 0 Å². The number of pyridine rings is 1. The van der Waals surface area contributed by atoms with Crippen LogP contribution in [0.4, 0.5) is 10.6 Å². The van der Waals surface area contributed by atoms with Crippen molar-refractivity contribution in [2.75, 3.05) is 24.5 Å². The van der Waals surface area contributed by atoms with E-state index in [4.69, 9.17) is 10.1 Å². The molecule has 1 amide bonds. The minimum Gasteiger partial charge on any atom is -0.465 e. The van der Waals surface area contributed by atoms with E-state index in [9.17, 15) is 4.79 Å². The Morgan fingerprint density at radius 3 is 2.65 bits per heavy atom. The fourth-order valence-electron chi connectivity index (χ4n) is 3.90. The molecule has 1 saturated carbocycles. The van der Waals surface area contributed by atoms with Crippen molar-refractivity contribution >= 4 is 11.9 Å². The maximum atomic E-state index is 10.5. The second-order valence-corrected chi connectivity index (χ2v) is 6.85. The molecule has 2 N–H and O–H groups in total. The molecule has 2 fully saturated rings. The minimum atomic E-state index is -0.921. The van der Waals surface area contributed by atoms with Crippen molar-refractivity contribution in [2.45, 2.75) is 50.9 Å². The molecule has 1 saturated heterocycles. The number of nitrogens with zero attached hydrogens (tertiary/aromatic N) is 2. The van der Waals surface area contributed by atoms with Gasteiger partial charge in [0.2, 0.25) is 0 Å². The molecule has 0 bridgehead atoms. The molecule has 126 valence electrons. The van der Waals surface area contributed by atoms with Crippen molar-refractivity contribution in [1.29, 1.82) is 0 Å². The molecule has 3 rings (SSSR count). The predicted molar refractivity (Wildman–Crippen MR) is 91.0 cm³/mol. The van der Waals surface area contributed by atoms with Crippen molar-refractivity contribution in [1.82, 2.24) is 10.3 Å². The first-order chi connectivity index (χ1) is 11.2. The number of hydrogen-bond donors (Lipinski definition) is 2. The zero-order valence-electron chi connectivity index (χ0n) is 13.7. The second-order valence-electron chi connectivity index (χ2n) is 6.85. The minimum absolute atomic E-state index is 0.565. The maximum Gasteiger partial charge on any atom is 0.404 e. The van der Waals surface area contributed by atoms with E-state index in [-0.39, 0.29) is 0 Å². The molecule has 1 aliphatic heterocycles. The van der Waals surface area contributed by atoms with E-state index in [2.05, 4.69) is 28.4 Å². The second kappa shape index (κ2) is 7.66. The highest BCUT2D eigenvalue weighted by Gasteiger charge is 2.22. The van der Waals surface area contributed by atoms with Crippen LogP contribution in [0.2, 0.25) is 0 Å². The molecule has 0 atom stereocenters. The van der Waals surface area contributed by atoms with Crippen LogP contribution in [0, 0.1) is 5.92 Å². The summed E-state index contributed by atoms with van der Waals surface area (Å²) in [6, 6.07) is 6.47. The van der Waals surface area contributed by atoms with E-state index in [0.717, 1.165) is 38.2 Å². The quantitative estimate of drug-likeness (QED) is 0.870. The summed E-state index contributed by atoms with van der Waals surface area (Å²) in [6.45, 7) is 2.62. The van der Waals surface area contributed by atoms with Gasteiger partial charge in [-0.05, 0) is 50.2 Å². The Labute approximate surface area is 138 Å². The molecule has 5 nitrogen and oxygen atoms in total. The van der Waals surface area contributed by atoms with E-state index < -0.39 is 6.09 Å². The Balaban J connectivity index is 1.51. The molecule has 0 aromatic carbocycles. The van der Waals surface area contributed by atoms with Crippen LogP contribution in [-0.2, 0) is 0 Å². The Morgan fingerprint density at radius 2 is 1.96 bits per heavy atom. The van der Waals surface area contributed by atoms with Gasteiger partial charge < -0.3 is 15.3 Å². The molecule has 0 spiro atoms. The van der Waals surface area contributed by atoms with Crippen LogP contribution < -0.4 is 10.2 Å². The van der Waals surface area contributed by atoms with Crippen molar-refractivity contribution in [3.05, 3.63) is 23.9 Å². The highest BCUT2D eigenvalue weighted by molar-refractivity contribution is 5.64. The first-order valence-corrected chi connectivity index (χ1v) is 8.91. The van der Waals surface area contributed by atoms with Crippen LogP contribution in [0.15, 0.2) is 18.2 Å². The lowest BCUT2D eigenvalue weighted by Crippen LogP contribution is -2.35. The van der Waals surface area contributed by atoms with Gasteiger partial charge in [0.1, 0.15) is 5.82 Å². The fraction of sp³-hybridized carbons (Fsp3) is 0.667. The molecule has 23 heavy (non-hydrogen) atoms. The third-order valence-electron chi connectivity index (χ3n) is 5.30. The third kappa shape index (κ3) is 4.36. The monoisotopic (exact) mass is 317 g/mol. The number of hydrogen-bond acceptors (Lipinski definition) is 3. The van der Waals surface area contributed by atoms with Gasteiger partial charge in [-0.2, -0.15) is 0 Å². The number of rotatable bonds is 5. The zero-order valence-corrected chi connectivity index (χ0v) is 13.7. The summed E-state index contributed by atoms with van der Waals surface area (Å²) in [5.74, 6) is 2.40. The van der Waals surface area contributed by atoms with Crippen molar-refractivity contribution in [2.24, 2.45) is 5.92 Å². The topological polar surface area (TPSA) is 65.5 Å². The first kappa shape index (κ1) is 16.1. The van der Waals surface area contributed by atoms with Crippen LogP contribution in [0.25, 0.3) is 0 Å². The fourth-order valence-corrected chi connectivity index (χ4v) is 3.90. The van der Waals surface area contributed by atoms with E-state index >= 15 is 0 Å². The van der Waals surface area contributed by atoms with Crippen LogP contribution in [0.1, 0.15) is 56.6 Å². The molecule has 1 aromatic rings. The van der Waals surface area contributed by atoms with Gasteiger partial charge in [-0.25, -0.2) is 9.78 Å². The lowest BCUT2D eigenvalue weighted by Gasteiger charge is -2.33. The molecule has 0 unspecified atom stereocenters. The molecule has 2 aliphatic rings. The average molecular weight is 317 g/mol. The van der Waals surface area contributed by atoms with Crippen LogP contribution in [0.5, 0.6) is 0 Å². The van der Waals surface area contributed by atoms with Gasteiger partial charge in [0.05, 0.1) is 0 Å². The number of carboxylic acid groups (broad SMARTS) is 1. The number of aromatic nitrogens is 1. The Hall–Kier alpha value is -1.78. The van der Waals surface area contributed by atoms with Gasteiger partial charge in [-0.3, -0.25) is 0 Å². The number of nitrogens with one attached hydrogen (secondary N) is 1. The Kier molecular flexibility index (Phi) is 5.36. The molecule has 0 radical (unpaired) electrons. The molecule has 1 aromatic heterocycles.